The van der Waals surface area contributed by atoms with Gasteiger partial charge in [-0.15, -0.1) is 0 Å². The Labute approximate surface area is 136 Å². The molecule has 1 amide bonds. The van der Waals surface area contributed by atoms with Crippen LogP contribution in [0, 0.1) is 11.6 Å². The number of benzene rings is 2. The standard InChI is InChI=1S/C17H12F2N4O/c18-12-4-3-5-13(8-12)22-16(24)11-9-20-17(21-10-11)23-15-7-2-1-6-14(15)19/h1-10H,(H,22,24)(H,20,21,23). The van der Waals surface area contributed by atoms with Gasteiger partial charge in [-0.25, -0.2) is 18.7 Å². The number of nitrogens with zero attached hydrogens (tertiary/aromatic N) is 2. The fourth-order valence-electron chi connectivity index (χ4n) is 1.96. The fourth-order valence-corrected chi connectivity index (χ4v) is 1.96. The van der Waals surface area contributed by atoms with Gasteiger partial charge in [-0.2, -0.15) is 0 Å². The lowest BCUT2D eigenvalue weighted by Crippen LogP contribution is -2.13. The van der Waals surface area contributed by atoms with Gasteiger partial charge in [0, 0.05) is 18.1 Å². The number of nitrogens with one attached hydrogen (secondary N) is 2. The van der Waals surface area contributed by atoms with Gasteiger partial charge in [-0.05, 0) is 30.3 Å². The fraction of sp³-hybridized carbons (Fsp3) is 0. The molecule has 0 aliphatic carbocycles. The molecule has 0 bridgehead atoms. The van der Waals surface area contributed by atoms with Crippen molar-refractivity contribution in [3.05, 3.63) is 78.1 Å². The zero-order valence-corrected chi connectivity index (χ0v) is 12.3. The summed E-state index contributed by atoms with van der Waals surface area (Å²) in [6, 6.07) is 11.6. The van der Waals surface area contributed by atoms with Gasteiger partial charge in [0.2, 0.25) is 5.95 Å². The molecule has 0 unspecified atom stereocenters. The van der Waals surface area contributed by atoms with E-state index >= 15 is 0 Å². The largest absolute Gasteiger partial charge is 0.322 e. The molecule has 3 rings (SSSR count). The smallest absolute Gasteiger partial charge is 0.258 e. The van der Waals surface area contributed by atoms with Crippen LogP contribution in [0.5, 0.6) is 0 Å². The minimum Gasteiger partial charge on any atom is -0.322 e. The van der Waals surface area contributed by atoms with Crippen LogP contribution in [-0.4, -0.2) is 15.9 Å². The second kappa shape index (κ2) is 6.82. The summed E-state index contributed by atoms with van der Waals surface area (Å²) in [4.78, 5) is 20.0. The van der Waals surface area contributed by atoms with Gasteiger partial charge in [0.05, 0.1) is 11.3 Å². The van der Waals surface area contributed by atoms with Crippen molar-refractivity contribution in [2.45, 2.75) is 0 Å². The van der Waals surface area contributed by atoms with Crippen LogP contribution in [0.15, 0.2) is 60.9 Å². The zero-order valence-electron chi connectivity index (χ0n) is 12.3. The molecule has 24 heavy (non-hydrogen) atoms. The summed E-state index contributed by atoms with van der Waals surface area (Å²) in [6.45, 7) is 0. The highest BCUT2D eigenvalue weighted by molar-refractivity contribution is 6.03. The van der Waals surface area contributed by atoms with Crippen LogP contribution in [0.3, 0.4) is 0 Å². The van der Waals surface area contributed by atoms with Crippen LogP contribution < -0.4 is 10.6 Å². The summed E-state index contributed by atoms with van der Waals surface area (Å²) < 4.78 is 26.6. The van der Waals surface area contributed by atoms with Crippen molar-refractivity contribution in [2.75, 3.05) is 10.6 Å². The molecule has 0 aliphatic rings. The maximum absolute atomic E-state index is 13.5. The number of carbonyl (C=O) groups excluding carboxylic acids is 1. The first kappa shape index (κ1) is 15.5. The number of halogens is 2. The Kier molecular flexibility index (Phi) is 4.42. The van der Waals surface area contributed by atoms with Crippen LogP contribution in [0.25, 0.3) is 0 Å². The molecule has 3 aromatic rings. The first-order chi connectivity index (χ1) is 11.6. The number of para-hydroxylation sites is 1. The van der Waals surface area contributed by atoms with Gasteiger partial charge < -0.3 is 10.6 Å². The highest BCUT2D eigenvalue weighted by atomic mass is 19.1. The van der Waals surface area contributed by atoms with E-state index in [4.69, 9.17) is 0 Å². The Bertz CT molecular complexity index is 868. The summed E-state index contributed by atoms with van der Waals surface area (Å²) >= 11 is 0. The van der Waals surface area contributed by atoms with Crippen molar-refractivity contribution < 1.29 is 13.6 Å². The number of rotatable bonds is 4. The van der Waals surface area contributed by atoms with E-state index in [9.17, 15) is 13.6 Å². The predicted octanol–water partition coefficient (Wildman–Crippen LogP) is 3.75. The van der Waals surface area contributed by atoms with E-state index in [2.05, 4.69) is 20.6 Å². The van der Waals surface area contributed by atoms with E-state index < -0.39 is 17.5 Å². The molecule has 5 nitrogen and oxygen atoms in total. The van der Waals surface area contributed by atoms with Crippen molar-refractivity contribution in [3.63, 3.8) is 0 Å². The molecule has 0 aliphatic heterocycles. The lowest BCUT2D eigenvalue weighted by atomic mass is 10.2. The van der Waals surface area contributed by atoms with Crippen LogP contribution in [0.1, 0.15) is 10.4 Å². The van der Waals surface area contributed by atoms with E-state index in [1.54, 1.807) is 24.3 Å². The van der Waals surface area contributed by atoms with Gasteiger partial charge in [-0.3, -0.25) is 4.79 Å². The van der Waals surface area contributed by atoms with Crippen LogP contribution in [0.2, 0.25) is 0 Å². The number of anilines is 3. The Morgan fingerprint density at radius 2 is 1.71 bits per heavy atom. The molecule has 2 N–H and O–H groups in total. The number of hydrogen-bond donors (Lipinski definition) is 2. The average Bonchev–Trinajstić information content (AvgIpc) is 2.57. The second-order valence-corrected chi connectivity index (χ2v) is 4.86. The Morgan fingerprint density at radius 1 is 0.958 bits per heavy atom. The molecule has 0 saturated carbocycles. The zero-order chi connectivity index (χ0) is 16.9. The maximum Gasteiger partial charge on any atom is 0.258 e. The Hall–Kier alpha value is -3.35. The normalized spacial score (nSPS) is 10.2. The first-order valence-electron chi connectivity index (χ1n) is 7.02. The lowest BCUT2D eigenvalue weighted by molar-refractivity contribution is 0.102. The van der Waals surface area contributed by atoms with E-state index in [1.807, 2.05) is 0 Å². The third kappa shape index (κ3) is 3.70. The molecule has 0 atom stereocenters. The SMILES string of the molecule is O=C(Nc1cccc(F)c1)c1cnc(Nc2ccccc2F)nc1. The minimum atomic E-state index is -0.474. The van der Waals surface area contributed by atoms with Gasteiger partial charge in [0.15, 0.2) is 0 Å². The average molecular weight is 326 g/mol. The topological polar surface area (TPSA) is 66.9 Å². The monoisotopic (exact) mass is 326 g/mol. The first-order valence-corrected chi connectivity index (χ1v) is 7.02. The second-order valence-electron chi connectivity index (χ2n) is 4.86. The molecule has 120 valence electrons. The minimum absolute atomic E-state index is 0.155. The molecule has 1 heterocycles. The molecule has 0 fully saturated rings. The third-order valence-corrected chi connectivity index (χ3v) is 3.12. The molecule has 0 saturated heterocycles. The van der Waals surface area contributed by atoms with E-state index in [0.717, 1.165) is 0 Å². The third-order valence-electron chi connectivity index (χ3n) is 3.12. The number of amides is 1. The molecular weight excluding hydrogens is 314 g/mol. The van der Waals surface area contributed by atoms with Crippen molar-refractivity contribution in [1.82, 2.24) is 9.97 Å². The molecule has 0 spiro atoms. The molecule has 0 radical (unpaired) electrons. The van der Waals surface area contributed by atoms with E-state index in [-0.39, 0.29) is 17.2 Å². The summed E-state index contributed by atoms with van der Waals surface area (Å²) in [7, 11) is 0. The van der Waals surface area contributed by atoms with Crippen molar-refractivity contribution in [2.24, 2.45) is 0 Å². The summed E-state index contributed by atoms with van der Waals surface area (Å²) in [5, 5.41) is 5.25. The van der Waals surface area contributed by atoms with Crippen LogP contribution >= 0.6 is 0 Å². The summed E-state index contributed by atoms with van der Waals surface area (Å²) in [5.41, 5.74) is 0.751. The molecular formula is C17H12F2N4O. The van der Waals surface area contributed by atoms with Gasteiger partial charge in [0.1, 0.15) is 11.6 Å². The molecule has 7 heteroatoms. The van der Waals surface area contributed by atoms with Gasteiger partial charge in [0.25, 0.3) is 5.91 Å². The quantitative estimate of drug-likeness (QED) is 0.766. The highest BCUT2D eigenvalue weighted by Crippen LogP contribution is 2.16. The van der Waals surface area contributed by atoms with Crippen molar-refractivity contribution >= 4 is 23.2 Å². The van der Waals surface area contributed by atoms with Crippen molar-refractivity contribution in [3.8, 4) is 0 Å². The highest BCUT2D eigenvalue weighted by Gasteiger charge is 2.09. The summed E-state index contributed by atoms with van der Waals surface area (Å²) in [6.07, 6.45) is 2.59. The number of hydrogen-bond acceptors (Lipinski definition) is 4. The van der Waals surface area contributed by atoms with Crippen LogP contribution in [-0.2, 0) is 0 Å². The number of carbonyl (C=O) groups is 1. The van der Waals surface area contributed by atoms with E-state index in [0.29, 0.717) is 5.69 Å². The van der Waals surface area contributed by atoms with E-state index in [1.165, 1.54) is 36.7 Å². The molecule has 2 aromatic carbocycles. The van der Waals surface area contributed by atoms with Gasteiger partial charge in [-0.1, -0.05) is 18.2 Å². The van der Waals surface area contributed by atoms with Crippen LogP contribution in [0.4, 0.5) is 26.1 Å². The predicted molar refractivity (Wildman–Crippen MR) is 86.1 cm³/mol. The number of aromatic nitrogens is 2. The lowest BCUT2D eigenvalue weighted by Gasteiger charge is -2.07. The maximum atomic E-state index is 13.5. The van der Waals surface area contributed by atoms with Crippen molar-refractivity contribution in [1.29, 1.82) is 0 Å². The Balaban J connectivity index is 1.70. The summed E-state index contributed by atoms with van der Waals surface area (Å²) in [5.74, 6) is -1.21. The van der Waals surface area contributed by atoms with Gasteiger partial charge >= 0.3 is 0 Å². The molecule has 1 aromatic heterocycles. The Morgan fingerprint density at radius 3 is 2.42 bits per heavy atom.